The van der Waals surface area contributed by atoms with Crippen molar-refractivity contribution in [3.63, 3.8) is 0 Å². The van der Waals surface area contributed by atoms with E-state index in [0.29, 0.717) is 44.1 Å². The van der Waals surface area contributed by atoms with Crippen molar-refractivity contribution in [2.24, 2.45) is 0 Å². The van der Waals surface area contributed by atoms with E-state index in [0.717, 1.165) is 17.3 Å². The highest BCUT2D eigenvalue weighted by molar-refractivity contribution is 7.92. The number of nitrogens with one attached hydrogen (secondary N) is 1. The lowest BCUT2D eigenvalue weighted by Gasteiger charge is -2.35. The molecule has 10 nitrogen and oxygen atoms in total. The highest BCUT2D eigenvalue weighted by Crippen LogP contribution is 2.32. The lowest BCUT2D eigenvalue weighted by Crippen LogP contribution is -2.46. The van der Waals surface area contributed by atoms with Crippen LogP contribution < -0.4 is 9.62 Å². The molecular weight excluding hydrogens is 511 g/mol. The second-order valence-corrected chi connectivity index (χ2v) is 10.6. The number of rotatable bonds is 8. The fourth-order valence-corrected chi connectivity index (χ4v) is 5.47. The van der Waals surface area contributed by atoms with E-state index < -0.39 is 14.9 Å². The highest BCUT2D eigenvalue weighted by atomic mass is 32.2. The van der Waals surface area contributed by atoms with Gasteiger partial charge >= 0.3 is 0 Å². The second kappa shape index (κ2) is 10.6. The van der Waals surface area contributed by atoms with Gasteiger partial charge < -0.3 is 4.90 Å². The fourth-order valence-electron chi connectivity index (χ4n) is 4.40. The minimum Gasteiger partial charge on any atom is -0.363 e. The molecule has 1 aromatic heterocycles. The predicted octanol–water partition coefficient (Wildman–Crippen LogP) is 4.04. The molecule has 1 aliphatic rings. The van der Waals surface area contributed by atoms with Crippen LogP contribution in [0, 0.1) is 15.9 Å². The van der Waals surface area contributed by atoms with Gasteiger partial charge in [0.15, 0.2) is 0 Å². The van der Waals surface area contributed by atoms with Gasteiger partial charge in [-0.05, 0) is 60.2 Å². The standard InChI is InChI=1S/C26H25FN6O4S/c27-21-4-2-20(3-5-21)19-30-14-16-31(17-15-30)25-11-10-24(18-26(25)33(34)35)38(36,37)29-22-6-8-23(9-7-22)32-13-1-12-28-32/h1-13,18,29H,14-17,19H2. The van der Waals surface area contributed by atoms with Crippen molar-refractivity contribution in [3.05, 3.63) is 107 Å². The van der Waals surface area contributed by atoms with E-state index in [2.05, 4.69) is 14.7 Å². The molecule has 12 heteroatoms. The van der Waals surface area contributed by atoms with Gasteiger partial charge in [-0.2, -0.15) is 5.10 Å². The number of halogens is 1. The summed E-state index contributed by atoms with van der Waals surface area (Å²) in [6, 6.07) is 18.7. The maximum atomic E-state index is 13.2. The minimum absolute atomic E-state index is 0.195. The van der Waals surface area contributed by atoms with E-state index in [-0.39, 0.29) is 16.4 Å². The van der Waals surface area contributed by atoms with E-state index in [1.54, 1.807) is 59.5 Å². The van der Waals surface area contributed by atoms with Gasteiger partial charge in [-0.3, -0.25) is 19.7 Å². The van der Waals surface area contributed by atoms with Gasteiger partial charge in [0.1, 0.15) is 11.5 Å². The summed E-state index contributed by atoms with van der Waals surface area (Å²) in [7, 11) is -4.06. The molecule has 0 aliphatic carbocycles. The van der Waals surface area contributed by atoms with Crippen molar-refractivity contribution in [1.82, 2.24) is 14.7 Å². The van der Waals surface area contributed by atoms with E-state index in [4.69, 9.17) is 0 Å². The fraction of sp³-hybridized carbons (Fsp3) is 0.192. The van der Waals surface area contributed by atoms with Crippen molar-refractivity contribution < 1.29 is 17.7 Å². The summed E-state index contributed by atoms with van der Waals surface area (Å²) in [5.74, 6) is -0.283. The van der Waals surface area contributed by atoms with Crippen LogP contribution in [0.5, 0.6) is 0 Å². The zero-order chi connectivity index (χ0) is 26.7. The van der Waals surface area contributed by atoms with Crippen molar-refractivity contribution in [1.29, 1.82) is 0 Å². The highest BCUT2D eigenvalue weighted by Gasteiger charge is 2.27. The number of hydrogen-bond acceptors (Lipinski definition) is 7. The number of nitro groups is 1. The number of piperazine rings is 1. The molecule has 1 N–H and O–H groups in total. The Labute approximate surface area is 219 Å². The zero-order valence-corrected chi connectivity index (χ0v) is 21.1. The largest absolute Gasteiger partial charge is 0.363 e. The van der Waals surface area contributed by atoms with Gasteiger partial charge in [-0.25, -0.2) is 17.5 Å². The summed E-state index contributed by atoms with van der Waals surface area (Å²) in [4.78, 5) is 15.2. The molecule has 0 unspecified atom stereocenters. The van der Waals surface area contributed by atoms with Crippen LogP contribution in [-0.4, -0.2) is 54.2 Å². The van der Waals surface area contributed by atoms with Gasteiger partial charge in [0.05, 0.1) is 15.5 Å². The summed E-state index contributed by atoms with van der Waals surface area (Å²) >= 11 is 0. The number of nitro benzene ring substituents is 1. The van der Waals surface area contributed by atoms with Gasteiger partial charge in [-0.1, -0.05) is 12.1 Å². The SMILES string of the molecule is O=[N+]([O-])c1cc(S(=O)(=O)Nc2ccc(-n3cccn3)cc2)ccc1N1CCN(Cc2ccc(F)cc2)CC1. The van der Waals surface area contributed by atoms with Crippen molar-refractivity contribution in [3.8, 4) is 5.69 Å². The van der Waals surface area contributed by atoms with Crippen LogP contribution in [0.15, 0.2) is 90.1 Å². The van der Waals surface area contributed by atoms with Gasteiger partial charge in [0, 0.05) is 56.9 Å². The van der Waals surface area contributed by atoms with Crippen molar-refractivity contribution >= 4 is 27.1 Å². The Morgan fingerprint density at radius 1 is 0.974 bits per heavy atom. The normalized spacial score (nSPS) is 14.4. The first-order valence-corrected chi connectivity index (χ1v) is 13.4. The first-order valence-electron chi connectivity index (χ1n) is 11.9. The number of anilines is 2. The number of benzene rings is 3. The molecule has 1 saturated heterocycles. The van der Waals surface area contributed by atoms with Crippen LogP contribution in [0.25, 0.3) is 5.69 Å². The van der Waals surface area contributed by atoms with Crippen molar-refractivity contribution in [2.75, 3.05) is 35.8 Å². The van der Waals surface area contributed by atoms with E-state index >= 15 is 0 Å². The third-order valence-corrected chi connectivity index (χ3v) is 7.75. The van der Waals surface area contributed by atoms with E-state index in [1.165, 1.54) is 24.3 Å². The Bertz CT molecular complexity index is 1520. The molecule has 38 heavy (non-hydrogen) atoms. The molecule has 4 aromatic rings. The van der Waals surface area contributed by atoms with E-state index in [9.17, 15) is 22.9 Å². The molecule has 0 spiro atoms. The molecule has 0 saturated carbocycles. The minimum atomic E-state index is -4.06. The summed E-state index contributed by atoms with van der Waals surface area (Å²) in [5.41, 5.74) is 2.18. The molecule has 0 radical (unpaired) electrons. The third kappa shape index (κ3) is 5.66. The zero-order valence-electron chi connectivity index (χ0n) is 20.3. The van der Waals surface area contributed by atoms with Gasteiger partial charge in [0.2, 0.25) is 0 Å². The molecule has 0 bridgehead atoms. The third-order valence-electron chi connectivity index (χ3n) is 6.37. The summed E-state index contributed by atoms with van der Waals surface area (Å²) in [5, 5.41) is 16.0. The number of hydrogen-bond donors (Lipinski definition) is 1. The summed E-state index contributed by atoms with van der Waals surface area (Å²) < 4.78 is 43.3. The molecule has 0 amide bonds. The Morgan fingerprint density at radius 3 is 2.32 bits per heavy atom. The molecule has 5 rings (SSSR count). The van der Waals surface area contributed by atoms with Crippen LogP contribution in [0.3, 0.4) is 0 Å². The molecule has 1 fully saturated rings. The first kappa shape index (κ1) is 25.4. The second-order valence-electron chi connectivity index (χ2n) is 8.90. The van der Waals surface area contributed by atoms with Gasteiger partial charge in [0.25, 0.3) is 15.7 Å². The molecule has 0 atom stereocenters. The van der Waals surface area contributed by atoms with Crippen molar-refractivity contribution in [2.45, 2.75) is 11.4 Å². The lowest BCUT2D eigenvalue weighted by molar-refractivity contribution is -0.384. The average molecular weight is 537 g/mol. The smallest absolute Gasteiger partial charge is 0.293 e. The van der Waals surface area contributed by atoms with Crippen LogP contribution in [0.2, 0.25) is 0 Å². The number of sulfonamides is 1. The Morgan fingerprint density at radius 2 is 1.68 bits per heavy atom. The molecule has 1 aliphatic heterocycles. The summed E-state index contributed by atoms with van der Waals surface area (Å²) in [6.45, 7) is 3.04. The molecular formula is C26H25FN6O4S. The predicted molar refractivity (Wildman–Crippen MR) is 141 cm³/mol. The molecule has 196 valence electrons. The number of aromatic nitrogens is 2. The van der Waals surface area contributed by atoms with Gasteiger partial charge in [-0.15, -0.1) is 0 Å². The lowest BCUT2D eigenvalue weighted by atomic mass is 10.1. The Balaban J connectivity index is 1.28. The maximum absolute atomic E-state index is 13.2. The molecule has 3 aromatic carbocycles. The van der Waals surface area contributed by atoms with Crippen LogP contribution >= 0.6 is 0 Å². The number of nitrogens with zero attached hydrogens (tertiary/aromatic N) is 5. The topological polar surface area (TPSA) is 114 Å². The maximum Gasteiger partial charge on any atom is 0.293 e. The van der Waals surface area contributed by atoms with Crippen LogP contribution in [0.1, 0.15) is 5.56 Å². The average Bonchev–Trinajstić information content (AvgIpc) is 3.45. The quantitative estimate of drug-likeness (QED) is 0.267. The monoisotopic (exact) mass is 536 g/mol. The Kier molecular flexibility index (Phi) is 7.07. The summed E-state index contributed by atoms with van der Waals surface area (Å²) in [6.07, 6.45) is 3.41. The first-order chi connectivity index (χ1) is 18.3. The van der Waals surface area contributed by atoms with Crippen LogP contribution in [-0.2, 0) is 16.6 Å². The molecule has 2 heterocycles. The van der Waals surface area contributed by atoms with E-state index in [1.807, 2.05) is 4.90 Å². The Hall–Kier alpha value is -4.29. The van der Waals surface area contributed by atoms with Crippen LogP contribution in [0.4, 0.5) is 21.5 Å².